The van der Waals surface area contributed by atoms with Crippen molar-refractivity contribution in [3.63, 3.8) is 0 Å². The summed E-state index contributed by atoms with van der Waals surface area (Å²) in [5, 5.41) is 3.54. The second kappa shape index (κ2) is 6.99. The van der Waals surface area contributed by atoms with Crippen LogP contribution in [0.15, 0.2) is 30.3 Å². The van der Waals surface area contributed by atoms with Gasteiger partial charge in [-0.25, -0.2) is 5.06 Å². The molecule has 6 heteroatoms. The Labute approximate surface area is 124 Å². The van der Waals surface area contributed by atoms with Crippen LogP contribution in [0.4, 0.5) is 0 Å². The van der Waals surface area contributed by atoms with Crippen LogP contribution >= 0.6 is 0 Å². The maximum atomic E-state index is 12.2. The van der Waals surface area contributed by atoms with Crippen LogP contribution in [-0.4, -0.2) is 41.8 Å². The molecule has 0 spiro atoms. The molecule has 1 heterocycles. The fourth-order valence-electron chi connectivity index (χ4n) is 2.12. The molecule has 21 heavy (non-hydrogen) atoms. The zero-order chi connectivity index (χ0) is 16.1. The van der Waals surface area contributed by atoms with Gasteiger partial charge in [0, 0.05) is 6.42 Å². The molecule has 0 radical (unpaired) electrons. The van der Waals surface area contributed by atoms with Crippen LogP contribution in [0, 0.1) is 0 Å². The molecular formula is C15H18N2O4. The molecule has 2 rings (SSSR count). The fourth-order valence-corrected chi connectivity index (χ4v) is 2.12. The van der Waals surface area contributed by atoms with Crippen LogP contribution in [0.2, 0.25) is 0 Å². The van der Waals surface area contributed by atoms with Crippen molar-refractivity contribution in [3.8, 4) is 0 Å². The van der Waals surface area contributed by atoms with Gasteiger partial charge < -0.3 is 10.1 Å². The van der Waals surface area contributed by atoms with Crippen LogP contribution in [0.5, 0.6) is 0 Å². The zero-order valence-electron chi connectivity index (χ0n) is 12.7. The van der Waals surface area contributed by atoms with Gasteiger partial charge in [-0.3, -0.25) is 14.4 Å². The maximum Gasteiger partial charge on any atom is 0.269 e. The summed E-state index contributed by atoms with van der Waals surface area (Å²) in [5.41, 5.74) is 0.853. The Bertz CT molecular complexity index is 564. The second-order valence-electron chi connectivity index (χ2n) is 4.86. The Balaban J connectivity index is 1.95. The number of aldehydes is 1. The van der Waals surface area contributed by atoms with Crippen molar-refractivity contribution < 1.29 is 20.6 Å². The summed E-state index contributed by atoms with van der Waals surface area (Å²) in [4.78, 5) is 40.4. The molecule has 0 bridgehead atoms. The van der Waals surface area contributed by atoms with Gasteiger partial charge in [-0.2, -0.15) is 0 Å². The number of carbonyl (C=O) groups is 3. The number of nitrogens with one attached hydrogen (secondary N) is 1. The number of carbonyl (C=O) groups excluding carboxylic acids is 3. The van der Waals surface area contributed by atoms with Gasteiger partial charge in [-0.1, -0.05) is 30.3 Å². The van der Waals surface area contributed by atoms with Crippen molar-refractivity contribution in [2.24, 2.45) is 0 Å². The first-order chi connectivity index (χ1) is 10.5. The third-order valence-corrected chi connectivity index (χ3v) is 3.22. The highest BCUT2D eigenvalue weighted by Gasteiger charge is 2.33. The van der Waals surface area contributed by atoms with E-state index in [0.29, 0.717) is 6.42 Å². The molecule has 2 amide bonds. The van der Waals surface area contributed by atoms with E-state index < -0.39 is 24.3 Å². The number of benzene rings is 1. The minimum Gasteiger partial charge on any atom is -0.344 e. The van der Waals surface area contributed by atoms with E-state index in [-0.39, 0.29) is 18.9 Å². The number of nitrogens with zero attached hydrogens (tertiary/aromatic N) is 1. The topological polar surface area (TPSA) is 75.7 Å². The van der Waals surface area contributed by atoms with E-state index in [0.717, 1.165) is 10.6 Å². The predicted molar refractivity (Wildman–Crippen MR) is 75.0 cm³/mol. The van der Waals surface area contributed by atoms with E-state index in [1.165, 1.54) is 6.92 Å². The molecule has 1 saturated heterocycles. The smallest absolute Gasteiger partial charge is 0.269 e. The SMILES string of the molecule is [2H]C(=O)C(C)N1OCCC(NC(=O)Cc2ccccc2)C1=O. The third-order valence-electron chi connectivity index (χ3n) is 3.22. The van der Waals surface area contributed by atoms with Gasteiger partial charge >= 0.3 is 0 Å². The Morgan fingerprint density at radius 2 is 2.29 bits per heavy atom. The van der Waals surface area contributed by atoms with Gasteiger partial charge in [0.25, 0.3) is 5.91 Å². The lowest BCUT2D eigenvalue weighted by atomic mass is 10.1. The first kappa shape index (κ1) is 13.8. The molecule has 1 N–H and O–H groups in total. The largest absolute Gasteiger partial charge is 0.344 e. The molecule has 0 aromatic heterocycles. The average Bonchev–Trinajstić information content (AvgIpc) is 2.49. The van der Waals surface area contributed by atoms with Crippen LogP contribution in [0.3, 0.4) is 0 Å². The van der Waals surface area contributed by atoms with Crippen molar-refractivity contribution in [2.75, 3.05) is 6.61 Å². The lowest BCUT2D eigenvalue weighted by Crippen LogP contribution is -2.55. The monoisotopic (exact) mass is 291 g/mol. The lowest BCUT2D eigenvalue weighted by Gasteiger charge is -2.33. The molecule has 0 saturated carbocycles. The summed E-state index contributed by atoms with van der Waals surface area (Å²) in [6.45, 7) is 1.63. The third kappa shape index (κ3) is 3.88. The first-order valence-electron chi connectivity index (χ1n) is 7.28. The van der Waals surface area contributed by atoms with Gasteiger partial charge in [-0.05, 0) is 12.5 Å². The Morgan fingerprint density at radius 3 is 2.95 bits per heavy atom. The highest BCUT2D eigenvalue weighted by molar-refractivity contribution is 5.89. The summed E-state index contributed by atoms with van der Waals surface area (Å²) in [7, 11) is 0. The summed E-state index contributed by atoms with van der Waals surface area (Å²) in [6, 6.07) is 7.49. The molecule has 1 aliphatic rings. The molecular weight excluding hydrogens is 272 g/mol. The molecule has 1 aromatic rings. The zero-order valence-corrected chi connectivity index (χ0v) is 11.7. The van der Waals surface area contributed by atoms with Crippen LogP contribution < -0.4 is 5.32 Å². The maximum absolute atomic E-state index is 12.2. The van der Waals surface area contributed by atoms with Crippen molar-refractivity contribution in [2.45, 2.75) is 31.8 Å². The van der Waals surface area contributed by atoms with Crippen molar-refractivity contribution in [1.82, 2.24) is 10.4 Å². The molecule has 1 fully saturated rings. The molecule has 1 aliphatic heterocycles. The first-order valence-corrected chi connectivity index (χ1v) is 6.78. The quantitative estimate of drug-likeness (QED) is 0.800. The van der Waals surface area contributed by atoms with E-state index in [4.69, 9.17) is 6.21 Å². The van der Waals surface area contributed by atoms with E-state index >= 15 is 0 Å². The predicted octanol–water partition coefficient (Wildman–Crippen LogP) is 0.465. The fraction of sp³-hybridized carbons (Fsp3) is 0.400. The van der Waals surface area contributed by atoms with E-state index in [2.05, 4.69) is 5.32 Å². The molecule has 1 aromatic carbocycles. The highest BCUT2D eigenvalue weighted by atomic mass is 16.7. The Morgan fingerprint density at radius 1 is 1.57 bits per heavy atom. The highest BCUT2D eigenvalue weighted by Crippen LogP contribution is 2.12. The molecule has 6 nitrogen and oxygen atoms in total. The number of hydrogen-bond acceptors (Lipinski definition) is 4. The number of hydrogen-bond donors (Lipinski definition) is 1. The van der Waals surface area contributed by atoms with Crippen molar-refractivity contribution >= 4 is 18.1 Å². The van der Waals surface area contributed by atoms with Crippen LogP contribution in [-0.2, 0) is 25.6 Å². The molecule has 112 valence electrons. The van der Waals surface area contributed by atoms with Crippen LogP contribution in [0.25, 0.3) is 0 Å². The van der Waals surface area contributed by atoms with Crippen LogP contribution in [0.1, 0.15) is 20.3 Å². The van der Waals surface area contributed by atoms with E-state index in [9.17, 15) is 14.4 Å². The van der Waals surface area contributed by atoms with Crippen molar-refractivity contribution in [3.05, 3.63) is 35.9 Å². The molecule has 0 aliphatic carbocycles. The van der Waals surface area contributed by atoms with Gasteiger partial charge in [0.15, 0.2) is 0 Å². The minimum atomic E-state index is -0.985. The Hall–Kier alpha value is -2.21. The van der Waals surface area contributed by atoms with Gasteiger partial charge in [0.05, 0.1) is 13.0 Å². The molecule has 2 unspecified atom stereocenters. The number of hydroxylamine groups is 2. The average molecular weight is 291 g/mol. The summed E-state index contributed by atoms with van der Waals surface area (Å²) < 4.78 is 7.07. The van der Waals surface area contributed by atoms with E-state index in [1.807, 2.05) is 30.3 Å². The van der Waals surface area contributed by atoms with Crippen molar-refractivity contribution in [1.29, 1.82) is 0 Å². The van der Waals surface area contributed by atoms with Gasteiger partial charge in [0.2, 0.25) is 5.91 Å². The normalized spacial score (nSPS) is 20.6. The summed E-state index contributed by atoms with van der Waals surface area (Å²) >= 11 is 0. The summed E-state index contributed by atoms with van der Waals surface area (Å²) in [5.74, 6) is -0.767. The minimum absolute atomic E-state index is 0.179. The van der Waals surface area contributed by atoms with Gasteiger partial charge in [0.1, 0.15) is 19.7 Å². The molecule has 2 atom stereocenters. The number of amides is 2. The lowest BCUT2D eigenvalue weighted by molar-refractivity contribution is -0.212. The van der Waals surface area contributed by atoms with Gasteiger partial charge in [-0.15, -0.1) is 0 Å². The number of rotatable bonds is 5. The Kier molecular flexibility index (Phi) is 4.58. The second-order valence-corrected chi connectivity index (χ2v) is 4.86. The summed E-state index contributed by atoms with van der Waals surface area (Å²) in [6.07, 6.45) is -0.391. The van der Waals surface area contributed by atoms with E-state index in [1.54, 1.807) is 0 Å². The standard InChI is InChI=1S/C15H18N2O4/c1-11(10-18)17-15(20)13(7-8-21-17)16-14(19)9-12-5-3-2-4-6-12/h2-6,10-11,13H,7-9H2,1H3,(H,16,19)/i10D.